The third-order valence-electron chi connectivity index (χ3n) is 4.12. The zero-order valence-electron chi connectivity index (χ0n) is 14.1. The predicted molar refractivity (Wildman–Crippen MR) is 115 cm³/mol. The molecule has 0 atom stereocenters. The lowest BCUT2D eigenvalue weighted by atomic mass is 10.1. The van der Waals surface area contributed by atoms with Crippen LogP contribution < -0.4 is 10.9 Å². The van der Waals surface area contributed by atoms with Gasteiger partial charge in [0.2, 0.25) is 5.95 Å². The van der Waals surface area contributed by atoms with Crippen LogP contribution in [0.4, 0.5) is 11.6 Å². The number of benzene rings is 1. The Kier molecular flexibility index (Phi) is 4.79. The first-order valence-corrected chi connectivity index (χ1v) is 9.48. The van der Waals surface area contributed by atoms with Crippen molar-refractivity contribution in [1.82, 2.24) is 19.5 Å². The molecule has 0 spiro atoms. The quantitative estimate of drug-likeness (QED) is 0.432. The van der Waals surface area contributed by atoms with Crippen LogP contribution >= 0.6 is 34.2 Å². The van der Waals surface area contributed by atoms with Crippen molar-refractivity contribution in [2.45, 2.75) is 0 Å². The highest BCUT2D eigenvalue weighted by Crippen LogP contribution is 2.31. The zero-order chi connectivity index (χ0) is 19.0. The van der Waals surface area contributed by atoms with E-state index in [4.69, 9.17) is 11.6 Å². The lowest BCUT2D eigenvalue weighted by Crippen LogP contribution is -2.20. The van der Waals surface area contributed by atoms with E-state index in [1.54, 1.807) is 37.8 Å². The van der Waals surface area contributed by atoms with Crippen molar-refractivity contribution in [2.75, 3.05) is 5.32 Å². The Bertz CT molecular complexity index is 1190. The summed E-state index contributed by atoms with van der Waals surface area (Å²) in [5, 5.41) is 4.40. The summed E-state index contributed by atoms with van der Waals surface area (Å²) in [5.74, 6) is 0.406. The van der Waals surface area contributed by atoms with E-state index in [0.717, 1.165) is 20.2 Å². The number of fused-ring (bicyclic) bond motifs is 1. The molecule has 6 nitrogen and oxygen atoms in total. The molecule has 134 valence electrons. The van der Waals surface area contributed by atoms with Gasteiger partial charge >= 0.3 is 0 Å². The van der Waals surface area contributed by atoms with Gasteiger partial charge in [-0.3, -0.25) is 14.3 Å². The number of halogens is 2. The number of nitrogens with zero attached hydrogens (tertiary/aromatic N) is 4. The lowest BCUT2D eigenvalue weighted by Gasteiger charge is -2.12. The SMILES string of the molecule is Cn1c(=O)c(-c2c(Cl)cccc2I)cc2cnc(Nc3ccncc3)nc21. The normalized spacial score (nSPS) is 10.9. The predicted octanol–water partition coefficient (Wildman–Crippen LogP) is 4.39. The maximum absolute atomic E-state index is 13.0. The number of hydrogen-bond donors (Lipinski definition) is 1. The lowest BCUT2D eigenvalue weighted by molar-refractivity contribution is 0.887. The fourth-order valence-electron chi connectivity index (χ4n) is 2.81. The Labute approximate surface area is 173 Å². The number of pyridine rings is 2. The smallest absolute Gasteiger partial charge is 0.259 e. The molecule has 27 heavy (non-hydrogen) atoms. The Hall–Kier alpha value is -2.52. The van der Waals surface area contributed by atoms with Crippen LogP contribution in [-0.2, 0) is 7.05 Å². The molecule has 8 heteroatoms. The standard InChI is InChI=1S/C19H13ClIN5O/c1-26-17-11(10-23-19(25-17)24-12-5-7-22-8-6-12)9-13(18(26)27)16-14(20)3-2-4-15(16)21/h2-10H,1H3,(H,22,23,24,25). The summed E-state index contributed by atoms with van der Waals surface area (Å²) >= 11 is 8.54. The van der Waals surface area contributed by atoms with Crippen molar-refractivity contribution >= 4 is 56.9 Å². The fraction of sp³-hybridized carbons (Fsp3) is 0.0526. The topological polar surface area (TPSA) is 72.7 Å². The molecule has 4 rings (SSSR count). The third kappa shape index (κ3) is 3.40. The fourth-order valence-corrected chi connectivity index (χ4v) is 4.03. The molecule has 0 radical (unpaired) electrons. The summed E-state index contributed by atoms with van der Waals surface area (Å²) in [6, 6.07) is 11.0. The molecule has 3 heterocycles. The van der Waals surface area contributed by atoms with Gasteiger partial charge < -0.3 is 5.32 Å². The van der Waals surface area contributed by atoms with Crippen molar-refractivity contribution < 1.29 is 0 Å². The zero-order valence-corrected chi connectivity index (χ0v) is 17.1. The highest BCUT2D eigenvalue weighted by Gasteiger charge is 2.15. The van der Waals surface area contributed by atoms with Gasteiger partial charge in [-0.15, -0.1) is 0 Å². The van der Waals surface area contributed by atoms with Crippen LogP contribution in [-0.4, -0.2) is 19.5 Å². The minimum absolute atomic E-state index is 0.165. The van der Waals surface area contributed by atoms with Gasteiger partial charge in [0.1, 0.15) is 5.65 Å². The van der Waals surface area contributed by atoms with Crippen LogP contribution in [0.25, 0.3) is 22.2 Å². The van der Waals surface area contributed by atoms with Crippen LogP contribution in [0.1, 0.15) is 0 Å². The molecule has 0 aliphatic heterocycles. The van der Waals surface area contributed by atoms with Crippen LogP contribution in [0.2, 0.25) is 5.02 Å². The van der Waals surface area contributed by atoms with Gasteiger partial charge in [0.15, 0.2) is 0 Å². The molecule has 0 unspecified atom stereocenters. The highest BCUT2D eigenvalue weighted by molar-refractivity contribution is 14.1. The maximum Gasteiger partial charge on any atom is 0.259 e. The number of nitrogens with one attached hydrogen (secondary N) is 1. The van der Waals surface area contributed by atoms with Gasteiger partial charge in [-0.05, 0) is 52.9 Å². The molecule has 0 fully saturated rings. The summed E-state index contributed by atoms with van der Waals surface area (Å²) in [5.41, 5.74) is 2.44. The van der Waals surface area contributed by atoms with Crippen LogP contribution in [0.3, 0.4) is 0 Å². The van der Waals surface area contributed by atoms with Gasteiger partial charge in [-0.1, -0.05) is 17.7 Å². The van der Waals surface area contributed by atoms with E-state index in [9.17, 15) is 4.79 Å². The average Bonchev–Trinajstić information content (AvgIpc) is 2.67. The molecule has 1 aromatic carbocycles. The largest absolute Gasteiger partial charge is 0.324 e. The molecule has 0 saturated heterocycles. The average molecular weight is 490 g/mol. The van der Waals surface area contributed by atoms with E-state index in [1.165, 1.54) is 4.57 Å². The summed E-state index contributed by atoms with van der Waals surface area (Å²) in [4.78, 5) is 25.8. The maximum atomic E-state index is 13.0. The van der Waals surface area contributed by atoms with E-state index in [0.29, 0.717) is 22.2 Å². The number of anilines is 2. The summed E-state index contributed by atoms with van der Waals surface area (Å²) < 4.78 is 2.43. The number of hydrogen-bond acceptors (Lipinski definition) is 5. The Morgan fingerprint density at radius 3 is 2.70 bits per heavy atom. The number of rotatable bonds is 3. The molecular formula is C19H13ClIN5O. The van der Waals surface area contributed by atoms with Gasteiger partial charge in [0.25, 0.3) is 5.56 Å². The minimum atomic E-state index is -0.165. The Balaban J connectivity index is 1.86. The van der Waals surface area contributed by atoms with Crippen molar-refractivity contribution in [3.8, 4) is 11.1 Å². The molecule has 0 amide bonds. The van der Waals surface area contributed by atoms with E-state index in [1.807, 2.05) is 24.3 Å². The molecule has 3 aromatic heterocycles. The minimum Gasteiger partial charge on any atom is -0.324 e. The van der Waals surface area contributed by atoms with Gasteiger partial charge in [-0.2, -0.15) is 4.98 Å². The second-order valence-electron chi connectivity index (χ2n) is 5.85. The van der Waals surface area contributed by atoms with Crippen molar-refractivity contribution in [1.29, 1.82) is 0 Å². The van der Waals surface area contributed by atoms with Crippen molar-refractivity contribution in [2.24, 2.45) is 7.05 Å². The van der Waals surface area contributed by atoms with E-state index in [2.05, 4.69) is 42.9 Å². The molecular weight excluding hydrogens is 477 g/mol. The molecule has 0 aliphatic carbocycles. The summed E-state index contributed by atoms with van der Waals surface area (Å²) in [7, 11) is 1.70. The van der Waals surface area contributed by atoms with Crippen LogP contribution in [0.5, 0.6) is 0 Å². The first kappa shape index (κ1) is 17.9. The second kappa shape index (κ2) is 7.24. The van der Waals surface area contributed by atoms with Crippen LogP contribution in [0, 0.1) is 3.57 Å². The number of aromatic nitrogens is 4. The van der Waals surface area contributed by atoms with Gasteiger partial charge in [-0.25, -0.2) is 4.98 Å². The van der Waals surface area contributed by atoms with Crippen molar-refractivity contribution in [3.05, 3.63) is 73.9 Å². The van der Waals surface area contributed by atoms with E-state index in [-0.39, 0.29) is 5.56 Å². The molecule has 0 saturated carbocycles. The number of aryl methyl sites for hydroxylation is 1. The molecule has 4 aromatic rings. The summed E-state index contributed by atoms with van der Waals surface area (Å²) in [6.07, 6.45) is 5.05. The molecule has 0 aliphatic rings. The van der Waals surface area contributed by atoms with Crippen LogP contribution in [0.15, 0.2) is 59.8 Å². The first-order chi connectivity index (χ1) is 13.0. The molecule has 1 N–H and O–H groups in total. The van der Waals surface area contributed by atoms with Crippen molar-refractivity contribution in [3.63, 3.8) is 0 Å². The monoisotopic (exact) mass is 489 g/mol. The van der Waals surface area contributed by atoms with Gasteiger partial charge in [0, 0.05) is 50.9 Å². The first-order valence-electron chi connectivity index (χ1n) is 8.03. The summed E-state index contributed by atoms with van der Waals surface area (Å²) in [6.45, 7) is 0. The Morgan fingerprint density at radius 2 is 1.96 bits per heavy atom. The molecule has 0 bridgehead atoms. The van der Waals surface area contributed by atoms with Gasteiger partial charge in [0.05, 0.1) is 5.56 Å². The Morgan fingerprint density at radius 1 is 1.19 bits per heavy atom. The second-order valence-corrected chi connectivity index (χ2v) is 7.42. The van der Waals surface area contributed by atoms with E-state index >= 15 is 0 Å². The van der Waals surface area contributed by atoms with E-state index < -0.39 is 0 Å². The highest BCUT2D eigenvalue weighted by atomic mass is 127. The third-order valence-corrected chi connectivity index (χ3v) is 5.33.